The van der Waals surface area contributed by atoms with Gasteiger partial charge in [0.1, 0.15) is 0 Å². The largest absolute Gasteiger partial charge is 0.481 e. The Kier molecular flexibility index (Phi) is 10.1. The maximum atomic E-state index is 11.3. The maximum Gasteiger partial charge on any atom is 0.481 e. The lowest BCUT2D eigenvalue weighted by Crippen LogP contribution is -1.94. The Morgan fingerprint density at radius 1 is 1.08 bits per heavy atom. The first-order valence-corrected chi connectivity index (χ1v) is 11.8. The van der Waals surface area contributed by atoms with Crippen molar-refractivity contribution >= 4 is 27.4 Å². The summed E-state index contributed by atoms with van der Waals surface area (Å²) in [6.07, 6.45) is 5.28. The first kappa shape index (κ1) is 23.3. The standard InChI is InChI=1S/C16H24O7P2S/c1-14(11-12-22-25(20,21)23-24(17,18)19)7-6-8-15(2)13-26-16-9-4-3-5-10-16/h3-5,8-11H,6-7,12-13H2,1-2H3,(H,20,21)(H2,17,18,19)/b14-11+,15-8+. The van der Waals surface area contributed by atoms with Gasteiger partial charge in [-0.25, -0.2) is 9.13 Å². The maximum absolute atomic E-state index is 11.3. The number of rotatable bonds is 11. The molecule has 0 aliphatic rings. The van der Waals surface area contributed by atoms with Crippen LogP contribution in [-0.2, 0) is 18.0 Å². The average molecular weight is 422 g/mol. The monoisotopic (exact) mass is 422 g/mol. The highest BCUT2D eigenvalue weighted by molar-refractivity contribution is 7.99. The van der Waals surface area contributed by atoms with Crippen LogP contribution in [0.5, 0.6) is 0 Å². The Hall–Kier alpha value is -0.690. The van der Waals surface area contributed by atoms with Crippen LogP contribution in [0.25, 0.3) is 0 Å². The van der Waals surface area contributed by atoms with Crippen molar-refractivity contribution in [1.29, 1.82) is 0 Å². The van der Waals surface area contributed by atoms with Crippen LogP contribution in [-0.4, -0.2) is 27.0 Å². The summed E-state index contributed by atoms with van der Waals surface area (Å²) < 4.78 is 30.0. The topological polar surface area (TPSA) is 113 Å². The summed E-state index contributed by atoms with van der Waals surface area (Å²) in [5.41, 5.74) is 2.19. The molecule has 1 aromatic carbocycles. The first-order chi connectivity index (χ1) is 12.1. The van der Waals surface area contributed by atoms with Gasteiger partial charge in [-0.1, -0.05) is 41.5 Å². The number of allylic oxidation sites excluding steroid dienone is 2. The molecule has 0 aliphatic carbocycles. The molecule has 1 rings (SSSR count). The van der Waals surface area contributed by atoms with E-state index >= 15 is 0 Å². The van der Waals surface area contributed by atoms with Gasteiger partial charge in [0.15, 0.2) is 0 Å². The highest BCUT2D eigenvalue weighted by atomic mass is 32.2. The van der Waals surface area contributed by atoms with Crippen LogP contribution in [0.3, 0.4) is 0 Å². The number of hydrogen-bond acceptors (Lipinski definition) is 5. The highest BCUT2D eigenvalue weighted by Gasteiger charge is 2.31. The number of hydrogen-bond donors (Lipinski definition) is 3. The van der Waals surface area contributed by atoms with Crippen molar-refractivity contribution in [2.75, 3.05) is 12.4 Å². The van der Waals surface area contributed by atoms with Gasteiger partial charge in [0.25, 0.3) is 0 Å². The zero-order chi connectivity index (χ0) is 19.6. The summed E-state index contributed by atoms with van der Waals surface area (Å²) in [6, 6.07) is 10.1. The molecule has 1 aromatic rings. The molecule has 3 N–H and O–H groups in total. The fourth-order valence-electron chi connectivity index (χ4n) is 1.85. The van der Waals surface area contributed by atoms with Crippen molar-refractivity contribution in [2.45, 2.75) is 31.6 Å². The molecule has 0 amide bonds. The number of phosphoric ester groups is 1. The van der Waals surface area contributed by atoms with E-state index in [1.807, 2.05) is 25.1 Å². The minimum atomic E-state index is -5.08. The second-order valence-corrected chi connectivity index (χ2v) is 9.46. The number of phosphoric acid groups is 2. The summed E-state index contributed by atoms with van der Waals surface area (Å²) in [7, 11) is -9.85. The van der Waals surface area contributed by atoms with Crippen molar-refractivity contribution < 1.29 is 32.6 Å². The summed E-state index contributed by atoms with van der Waals surface area (Å²) in [5.74, 6) is 0.906. The molecular formula is C16H24O7P2S. The lowest BCUT2D eigenvalue weighted by atomic mass is 10.1. The number of benzene rings is 1. The van der Waals surface area contributed by atoms with Crippen LogP contribution in [0.4, 0.5) is 0 Å². The second-order valence-electron chi connectivity index (χ2n) is 5.58. The molecule has 1 unspecified atom stereocenters. The Balaban J connectivity index is 2.31. The molecule has 0 spiro atoms. The predicted molar refractivity (Wildman–Crippen MR) is 103 cm³/mol. The molecule has 146 valence electrons. The van der Waals surface area contributed by atoms with Gasteiger partial charge in [0, 0.05) is 10.6 Å². The third-order valence-corrected chi connectivity index (χ3v) is 6.48. The van der Waals surface area contributed by atoms with E-state index in [-0.39, 0.29) is 6.61 Å². The molecule has 0 fully saturated rings. The van der Waals surface area contributed by atoms with Gasteiger partial charge in [-0.3, -0.25) is 4.52 Å². The summed E-state index contributed by atoms with van der Waals surface area (Å²) in [5, 5.41) is 0. The smallest absolute Gasteiger partial charge is 0.302 e. The lowest BCUT2D eigenvalue weighted by Gasteiger charge is -2.11. The molecule has 0 aromatic heterocycles. The van der Waals surface area contributed by atoms with Crippen LogP contribution < -0.4 is 0 Å². The summed E-state index contributed by atoms with van der Waals surface area (Å²) in [4.78, 5) is 27.4. The predicted octanol–water partition coefficient (Wildman–Crippen LogP) is 4.68. The Morgan fingerprint density at radius 2 is 1.73 bits per heavy atom. The average Bonchev–Trinajstić information content (AvgIpc) is 2.51. The molecule has 0 saturated carbocycles. The van der Waals surface area contributed by atoms with Gasteiger partial charge < -0.3 is 14.7 Å². The van der Waals surface area contributed by atoms with Gasteiger partial charge in [0.2, 0.25) is 0 Å². The molecule has 7 nitrogen and oxygen atoms in total. The van der Waals surface area contributed by atoms with Gasteiger partial charge >= 0.3 is 15.6 Å². The first-order valence-electron chi connectivity index (χ1n) is 7.81. The van der Waals surface area contributed by atoms with E-state index in [0.717, 1.165) is 24.2 Å². The zero-order valence-electron chi connectivity index (χ0n) is 14.6. The fraction of sp³-hybridized carbons (Fsp3) is 0.375. The fourth-order valence-corrected chi connectivity index (χ4v) is 4.24. The van der Waals surface area contributed by atoms with Crippen molar-refractivity contribution in [2.24, 2.45) is 0 Å². The Bertz CT molecular complexity index is 713. The van der Waals surface area contributed by atoms with Gasteiger partial charge in [-0.15, -0.1) is 11.8 Å². The molecular weight excluding hydrogens is 398 g/mol. The summed E-state index contributed by atoms with van der Waals surface area (Å²) >= 11 is 1.77. The number of thioether (sulfide) groups is 1. The molecule has 10 heteroatoms. The third kappa shape index (κ3) is 11.8. The molecule has 0 radical (unpaired) electrons. The normalized spacial score (nSPS) is 15.7. The minimum Gasteiger partial charge on any atom is -0.302 e. The van der Waals surface area contributed by atoms with Gasteiger partial charge in [-0.2, -0.15) is 4.31 Å². The van der Waals surface area contributed by atoms with Crippen molar-refractivity contribution in [1.82, 2.24) is 0 Å². The van der Waals surface area contributed by atoms with Crippen molar-refractivity contribution in [3.8, 4) is 0 Å². The molecule has 0 saturated heterocycles. The third-order valence-electron chi connectivity index (χ3n) is 3.12. The van der Waals surface area contributed by atoms with E-state index in [0.29, 0.717) is 0 Å². The van der Waals surface area contributed by atoms with Gasteiger partial charge in [0.05, 0.1) is 6.61 Å². The van der Waals surface area contributed by atoms with Crippen LogP contribution in [0.15, 0.2) is 58.5 Å². The second kappa shape index (κ2) is 11.2. The van der Waals surface area contributed by atoms with E-state index in [2.05, 4.69) is 34.0 Å². The van der Waals surface area contributed by atoms with Crippen molar-refractivity contribution in [3.63, 3.8) is 0 Å². The van der Waals surface area contributed by atoms with E-state index in [4.69, 9.17) is 14.7 Å². The lowest BCUT2D eigenvalue weighted by molar-refractivity contribution is 0.191. The van der Waals surface area contributed by atoms with Crippen LogP contribution in [0.1, 0.15) is 26.7 Å². The molecule has 0 bridgehead atoms. The SMILES string of the molecule is C/C(=C\COP(=O)(O)OP(=O)(O)O)CC/C=C(\C)CSc1ccccc1. The van der Waals surface area contributed by atoms with E-state index in [1.165, 1.54) is 10.5 Å². The van der Waals surface area contributed by atoms with E-state index in [9.17, 15) is 9.13 Å². The van der Waals surface area contributed by atoms with E-state index in [1.54, 1.807) is 17.8 Å². The highest BCUT2D eigenvalue weighted by Crippen LogP contribution is 2.57. The van der Waals surface area contributed by atoms with Gasteiger partial charge in [-0.05, 0) is 38.8 Å². The minimum absolute atomic E-state index is 0.272. The molecule has 26 heavy (non-hydrogen) atoms. The van der Waals surface area contributed by atoms with Crippen LogP contribution in [0, 0.1) is 0 Å². The van der Waals surface area contributed by atoms with Crippen molar-refractivity contribution in [3.05, 3.63) is 53.6 Å². The molecule has 1 atom stereocenters. The van der Waals surface area contributed by atoms with Crippen LogP contribution >= 0.6 is 27.4 Å². The van der Waals surface area contributed by atoms with E-state index < -0.39 is 15.6 Å². The van der Waals surface area contributed by atoms with Crippen LogP contribution in [0.2, 0.25) is 0 Å². The molecule has 0 heterocycles. The molecule has 0 aliphatic heterocycles. The quantitative estimate of drug-likeness (QED) is 0.268. The summed E-state index contributed by atoms with van der Waals surface area (Å²) in [6.45, 7) is 3.64. The Labute approximate surface area is 158 Å². The zero-order valence-corrected chi connectivity index (χ0v) is 17.3. The Morgan fingerprint density at radius 3 is 2.35 bits per heavy atom.